The Morgan fingerprint density at radius 1 is 0.189 bits per heavy atom. The third-order valence-corrected chi connectivity index (χ3v) is 23.5. The van der Waals surface area contributed by atoms with Gasteiger partial charge in [-0.05, 0) is 68.1 Å². The minimum Gasteiger partial charge on any atom is -0.316 e. The van der Waals surface area contributed by atoms with Crippen LogP contribution >= 0.6 is 0 Å². The maximum absolute atomic E-state index is 13.2. The third-order valence-electron chi connectivity index (χ3n) is 23.5. The summed E-state index contributed by atoms with van der Waals surface area (Å²) in [6, 6.07) is 0. The molecule has 2 N–H and O–H groups in total. The van der Waals surface area contributed by atoms with E-state index in [-0.39, 0.29) is 16.4 Å². The van der Waals surface area contributed by atoms with Crippen LogP contribution in [0.2, 0.25) is 0 Å². The topological polar surface area (TPSA) is 32.3 Å². The first-order valence-electron chi connectivity index (χ1n) is 43.9. The largest absolute Gasteiger partial charge is 0.316 e. The van der Waals surface area contributed by atoms with Gasteiger partial charge < -0.3 is 5.21 Å². The van der Waals surface area contributed by atoms with Gasteiger partial charge in [-0.15, -0.1) is 0 Å². The Kier molecular flexibility index (Phi) is 71.6. The number of hydrogen-bond acceptors (Lipinski definition) is 2. The summed E-state index contributed by atoms with van der Waals surface area (Å²) in [4.78, 5) is 0. The Morgan fingerprint density at radius 3 is 0.533 bits per heavy atom. The van der Waals surface area contributed by atoms with Crippen LogP contribution in [0.5, 0.6) is 0 Å². The molecule has 2 heteroatoms. The maximum Gasteiger partial charge on any atom is 0.0491 e. The van der Waals surface area contributed by atoms with Crippen molar-refractivity contribution >= 4 is 0 Å². The van der Waals surface area contributed by atoms with Gasteiger partial charge in [0.1, 0.15) is 0 Å². The summed E-state index contributed by atoms with van der Waals surface area (Å²) in [5, 5.41) is 13.2. The van der Waals surface area contributed by atoms with E-state index in [4.69, 9.17) is 0 Å². The number of rotatable bonds is 80. The van der Waals surface area contributed by atoms with Crippen molar-refractivity contribution in [3.05, 3.63) is 0 Å². The fraction of sp³-hybridized carbons (Fsp3) is 1.00. The first-order valence-corrected chi connectivity index (χ1v) is 43.9. The molecular weight excluding hydrogens is 1090 g/mol. The third kappa shape index (κ3) is 48.6. The molecule has 0 heterocycles. The van der Waals surface area contributed by atoms with Crippen molar-refractivity contribution in [3.63, 3.8) is 0 Å². The normalized spacial score (nSPS) is 12.8. The summed E-state index contributed by atoms with van der Waals surface area (Å²) < 4.78 is 0. The molecule has 0 rings (SSSR count). The summed E-state index contributed by atoms with van der Waals surface area (Å²) in [5.41, 5.74) is 3.84. The molecule has 0 amide bonds. The van der Waals surface area contributed by atoms with Gasteiger partial charge in [0, 0.05) is 5.54 Å². The fourth-order valence-corrected chi connectivity index (χ4v) is 17.6. The Labute approximate surface area is 573 Å². The number of unbranched alkanes of at least 4 members (excludes halogenated alkanes) is 60. The quantitative estimate of drug-likeness (QED) is 0.0470. The van der Waals surface area contributed by atoms with Crippen molar-refractivity contribution in [2.24, 2.45) is 16.7 Å². The first-order chi connectivity index (χ1) is 44.4. The molecule has 2 nitrogen and oxygen atoms in total. The van der Waals surface area contributed by atoms with E-state index in [1.165, 1.54) is 488 Å². The van der Waals surface area contributed by atoms with Gasteiger partial charge in [-0.2, -0.15) is 5.48 Å². The van der Waals surface area contributed by atoms with E-state index in [0.717, 1.165) is 5.92 Å². The van der Waals surface area contributed by atoms with Crippen LogP contribution in [-0.4, -0.2) is 10.7 Å². The van der Waals surface area contributed by atoms with Crippen molar-refractivity contribution in [2.45, 2.75) is 549 Å². The molecule has 0 aliphatic rings. The lowest BCUT2D eigenvalue weighted by Gasteiger charge is -2.65. The number of hydroxylamine groups is 1. The summed E-state index contributed by atoms with van der Waals surface area (Å²) in [6.07, 6.45) is 107. The van der Waals surface area contributed by atoms with E-state index >= 15 is 0 Å². The average molecular weight is 1270 g/mol. The molecule has 0 fully saturated rings. The predicted molar refractivity (Wildman–Crippen MR) is 412 cm³/mol. The first kappa shape index (κ1) is 89.9. The molecule has 0 saturated carbocycles. The van der Waals surface area contributed by atoms with Crippen molar-refractivity contribution in [2.75, 3.05) is 0 Å². The highest BCUT2D eigenvalue weighted by Crippen LogP contribution is 2.66. The zero-order chi connectivity index (χ0) is 65.5. The van der Waals surface area contributed by atoms with Crippen LogP contribution in [0.25, 0.3) is 0 Å². The monoisotopic (exact) mass is 1270 g/mol. The highest BCUT2D eigenvalue weighted by atomic mass is 16.5. The molecule has 542 valence electrons. The van der Waals surface area contributed by atoms with E-state index in [1.807, 2.05) is 0 Å². The molecule has 0 aromatic carbocycles. The van der Waals surface area contributed by atoms with Crippen molar-refractivity contribution < 1.29 is 5.21 Å². The van der Waals surface area contributed by atoms with E-state index in [2.05, 4.69) is 60.9 Å². The molecule has 1 atom stereocenters. The molecule has 0 saturated heterocycles. The van der Waals surface area contributed by atoms with Crippen molar-refractivity contribution in [3.8, 4) is 0 Å². The van der Waals surface area contributed by atoms with Gasteiger partial charge in [-0.1, -0.05) is 492 Å². The van der Waals surface area contributed by atoms with Crippen LogP contribution in [-0.2, 0) is 0 Å². The van der Waals surface area contributed by atoms with Gasteiger partial charge in [0.25, 0.3) is 0 Å². The Bertz CT molecular complexity index is 1250. The highest BCUT2D eigenvalue weighted by molar-refractivity contribution is 5.14. The maximum atomic E-state index is 13.2. The SMILES string of the molecule is CCCCCCCCCCCCCCC(CCCCCCCCCC)C(CCCCCCCCCC)(CCCCCCCCCC)C(CCCCCCCCCC)(CCCCCCCCCC)C(CCCCCCCCCC)(CCCCCCCCCC)NO. The second-order valence-electron chi connectivity index (χ2n) is 31.4. The van der Waals surface area contributed by atoms with E-state index in [9.17, 15) is 5.21 Å². The molecule has 0 aliphatic heterocycles. The second-order valence-corrected chi connectivity index (χ2v) is 31.4. The zero-order valence-corrected chi connectivity index (χ0v) is 64.8. The molecule has 0 aliphatic carbocycles. The lowest BCUT2D eigenvalue weighted by Crippen LogP contribution is -2.66. The predicted octanol–water partition coefficient (Wildman–Crippen LogP) is 33.1. The molecular formula is C88H179NO. The van der Waals surface area contributed by atoms with Gasteiger partial charge in [-0.25, -0.2) is 0 Å². The Balaban J connectivity index is 8.62. The molecule has 0 aromatic heterocycles. The van der Waals surface area contributed by atoms with Crippen LogP contribution in [0.15, 0.2) is 0 Å². The van der Waals surface area contributed by atoms with E-state index < -0.39 is 0 Å². The summed E-state index contributed by atoms with van der Waals surface area (Å²) in [7, 11) is 0. The Hall–Kier alpha value is -0.0800. The molecule has 0 spiro atoms. The molecule has 1 unspecified atom stereocenters. The van der Waals surface area contributed by atoms with Crippen LogP contribution in [0.3, 0.4) is 0 Å². The van der Waals surface area contributed by atoms with E-state index in [1.54, 1.807) is 0 Å². The Morgan fingerprint density at radius 2 is 0.344 bits per heavy atom. The van der Waals surface area contributed by atoms with Crippen LogP contribution in [0, 0.1) is 16.7 Å². The van der Waals surface area contributed by atoms with Gasteiger partial charge in [0.15, 0.2) is 0 Å². The summed E-state index contributed by atoms with van der Waals surface area (Å²) >= 11 is 0. The highest BCUT2D eigenvalue weighted by Gasteiger charge is 2.62. The van der Waals surface area contributed by atoms with Gasteiger partial charge in [0.05, 0.1) is 0 Å². The van der Waals surface area contributed by atoms with Crippen molar-refractivity contribution in [1.29, 1.82) is 0 Å². The van der Waals surface area contributed by atoms with Crippen LogP contribution < -0.4 is 5.48 Å². The fourth-order valence-electron chi connectivity index (χ4n) is 17.6. The van der Waals surface area contributed by atoms with Crippen LogP contribution in [0.1, 0.15) is 543 Å². The van der Waals surface area contributed by atoms with Gasteiger partial charge in [-0.3, -0.25) is 0 Å². The molecule has 90 heavy (non-hydrogen) atoms. The minimum atomic E-state index is -0.242. The number of nitrogens with one attached hydrogen (secondary N) is 1. The lowest BCUT2D eigenvalue weighted by molar-refractivity contribution is -0.166. The minimum absolute atomic E-state index is 0.0750. The summed E-state index contributed by atoms with van der Waals surface area (Å²) in [6.45, 7) is 19.1. The second kappa shape index (κ2) is 71.7. The van der Waals surface area contributed by atoms with Crippen LogP contribution in [0.4, 0.5) is 0 Å². The standard InChI is InChI=1S/C88H179NO/c1-9-17-25-33-41-49-50-51-52-54-62-70-78-85(77-69-61-53-42-34-26-18-10-2)86(79-71-63-55-43-35-27-19-11-3,80-72-64-56-44-36-28-20-12-4)87(81-73-65-57-45-37-29-21-13-5,82-74-66-58-46-38-30-22-14-6)88(89-90,83-75-67-59-47-39-31-23-15-7)84-76-68-60-48-40-32-24-16-8/h85,89-90H,9-84H2,1-8H3. The number of hydrogen-bond donors (Lipinski definition) is 2. The molecule has 0 aromatic rings. The molecule has 0 bridgehead atoms. The van der Waals surface area contributed by atoms with E-state index in [0.29, 0.717) is 0 Å². The lowest BCUT2D eigenvalue weighted by atomic mass is 9.42. The molecule has 0 radical (unpaired) electrons. The average Bonchev–Trinajstić information content (AvgIpc) is 0.722. The summed E-state index contributed by atoms with van der Waals surface area (Å²) in [5.74, 6) is 0.753. The smallest absolute Gasteiger partial charge is 0.0491 e. The van der Waals surface area contributed by atoms with Crippen molar-refractivity contribution in [1.82, 2.24) is 5.48 Å². The zero-order valence-electron chi connectivity index (χ0n) is 64.8. The van der Waals surface area contributed by atoms with Gasteiger partial charge >= 0.3 is 0 Å². The van der Waals surface area contributed by atoms with Gasteiger partial charge in [0.2, 0.25) is 0 Å².